The van der Waals surface area contributed by atoms with E-state index in [9.17, 15) is 19.2 Å². The lowest BCUT2D eigenvalue weighted by Crippen LogP contribution is -2.41. The van der Waals surface area contributed by atoms with Crippen molar-refractivity contribution in [2.24, 2.45) is 11.8 Å². The van der Waals surface area contributed by atoms with Gasteiger partial charge in [-0.1, -0.05) is 80.6 Å². The zero-order valence-corrected chi connectivity index (χ0v) is 22.0. The Bertz CT molecular complexity index is 1370. The highest BCUT2D eigenvalue weighted by atomic mass is 16.5. The van der Waals surface area contributed by atoms with Crippen molar-refractivity contribution in [2.45, 2.75) is 38.5 Å². The molecule has 7 nitrogen and oxygen atoms in total. The minimum atomic E-state index is -0.785. The Balaban J connectivity index is 1.17. The summed E-state index contributed by atoms with van der Waals surface area (Å²) in [5, 5.41) is 2.86. The maximum Gasteiger partial charge on any atom is 0.326 e. The van der Waals surface area contributed by atoms with Crippen LogP contribution < -0.4 is 5.32 Å². The highest BCUT2D eigenvalue weighted by molar-refractivity contribution is 6.09. The second-order valence-corrected chi connectivity index (χ2v) is 10.4. The third kappa shape index (κ3) is 3.95. The molecule has 7 heteroatoms. The highest BCUT2D eigenvalue weighted by Gasteiger charge is 2.61. The van der Waals surface area contributed by atoms with E-state index in [1.807, 2.05) is 80.6 Å². The predicted octanol–water partition coefficient (Wildman–Crippen LogP) is 4.19. The van der Waals surface area contributed by atoms with Crippen LogP contribution in [0.2, 0.25) is 0 Å². The van der Waals surface area contributed by atoms with Crippen LogP contribution in [0.5, 0.6) is 0 Å². The number of rotatable bonds is 7. The van der Waals surface area contributed by atoms with Crippen molar-refractivity contribution in [2.75, 3.05) is 18.5 Å². The molecule has 4 aliphatic rings. The van der Waals surface area contributed by atoms with Crippen molar-refractivity contribution in [1.82, 2.24) is 4.90 Å². The number of para-hydroxylation sites is 1. The molecule has 0 saturated carbocycles. The number of hydrogen-bond donors (Lipinski definition) is 1. The van der Waals surface area contributed by atoms with Gasteiger partial charge in [-0.15, -0.1) is 0 Å². The first-order chi connectivity index (χ1) is 18.9. The summed E-state index contributed by atoms with van der Waals surface area (Å²) in [5.74, 6) is -3.53. The van der Waals surface area contributed by atoms with Gasteiger partial charge in [0.25, 0.3) is 5.91 Å². The first kappa shape index (κ1) is 25.0. The number of likely N-dealkylation sites (tertiary alicyclic amines) is 1. The van der Waals surface area contributed by atoms with Gasteiger partial charge in [-0.25, -0.2) is 0 Å². The summed E-state index contributed by atoms with van der Waals surface area (Å²) in [7, 11) is 0. The summed E-state index contributed by atoms with van der Waals surface area (Å²) in [5.41, 5.74) is 7.04. The fourth-order valence-electron chi connectivity index (χ4n) is 6.79. The molecule has 39 heavy (non-hydrogen) atoms. The molecule has 1 fully saturated rings. The number of carbonyl (C=O) groups excluding carboxylic acids is 4. The van der Waals surface area contributed by atoms with Crippen LogP contribution >= 0.6 is 0 Å². The molecule has 2 bridgehead atoms. The minimum absolute atomic E-state index is 0.234. The molecule has 0 unspecified atom stereocenters. The van der Waals surface area contributed by atoms with E-state index in [1.54, 1.807) is 0 Å². The molecule has 3 aromatic rings. The highest BCUT2D eigenvalue weighted by Crippen LogP contribution is 2.60. The molecule has 7 rings (SSSR count). The van der Waals surface area contributed by atoms with Gasteiger partial charge in [0.05, 0.1) is 11.8 Å². The topological polar surface area (TPSA) is 92.8 Å². The van der Waals surface area contributed by atoms with Crippen molar-refractivity contribution in [3.8, 4) is 0 Å². The zero-order valence-electron chi connectivity index (χ0n) is 22.0. The molecule has 2 atom stereocenters. The van der Waals surface area contributed by atoms with Crippen molar-refractivity contribution in [3.63, 3.8) is 0 Å². The third-order valence-corrected chi connectivity index (χ3v) is 8.45. The molecule has 1 saturated heterocycles. The maximum atomic E-state index is 13.6. The first-order valence-corrected chi connectivity index (χ1v) is 13.5. The lowest BCUT2D eigenvalue weighted by Gasteiger charge is -2.45. The zero-order chi connectivity index (χ0) is 27.3. The number of nitrogens with one attached hydrogen (secondary N) is 1. The number of benzene rings is 3. The van der Waals surface area contributed by atoms with Crippen LogP contribution in [0.1, 0.15) is 59.1 Å². The van der Waals surface area contributed by atoms with Crippen LogP contribution in [0, 0.1) is 11.8 Å². The molecule has 3 aromatic carbocycles. The summed E-state index contributed by atoms with van der Waals surface area (Å²) in [6, 6.07) is 21.8. The van der Waals surface area contributed by atoms with E-state index in [1.165, 1.54) is 0 Å². The Hall–Kier alpha value is -4.26. The van der Waals surface area contributed by atoms with Gasteiger partial charge in [0, 0.05) is 17.5 Å². The quantitative estimate of drug-likeness (QED) is 0.371. The number of carbonyl (C=O) groups is 4. The summed E-state index contributed by atoms with van der Waals surface area (Å²) in [6.45, 7) is 3.02. The second-order valence-electron chi connectivity index (χ2n) is 10.4. The van der Waals surface area contributed by atoms with Crippen LogP contribution in [0.3, 0.4) is 0 Å². The van der Waals surface area contributed by atoms with Crippen LogP contribution in [-0.4, -0.2) is 41.7 Å². The van der Waals surface area contributed by atoms with Crippen LogP contribution in [-0.2, 0) is 36.8 Å². The number of anilines is 1. The number of amides is 3. The molecule has 1 heterocycles. The molecule has 3 aliphatic carbocycles. The smallest absolute Gasteiger partial charge is 0.326 e. The van der Waals surface area contributed by atoms with Gasteiger partial charge in [-0.3, -0.25) is 24.1 Å². The average molecular weight is 523 g/mol. The van der Waals surface area contributed by atoms with E-state index >= 15 is 0 Å². The number of imide groups is 1. The molecule has 1 aliphatic heterocycles. The molecule has 1 N–H and O–H groups in total. The molecule has 0 spiro atoms. The number of nitrogens with zero attached hydrogens (tertiary/aromatic N) is 1. The monoisotopic (exact) mass is 522 g/mol. The minimum Gasteiger partial charge on any atom is -0.454 e. The van der Waals surface area contributed by atoms with Gasteiger partial charge >= 0.3 is 5.97 Å². The van der Waals surface area contributed by atoms with Gasteiger partial charge < -0.3 is 10.1 Å². The van der Waals surface area contributed by atoms with Crippen molar-refractivity contribution in [1.29, 1.82) is 0 Å². The molecular formula is C32H30N2O5. The fraction of sp³-hybridized carbons (Fsp3) is 0.312. The Morgan fingerprint density at radius 3 is 1.64 bits per heavy atom. The molecule has 3 amide bonds. The summed E-state index contributed by atoms with van der Waals surface area (Å²) < 4.78 is 5.23. The number of esters is 1. The van der Waals surface area contributed by atoms with Crippen LogP contribution in [0.15, 0.2) is 66.7 Å². The predicted molar refractivity (Wildman–Crippen MR) is 145 cm³/mol. The summed E-state index contributed by atoms with van der Waals surface area (Å²) in [6.07, 6.45) is 1.50. The first-order valence-electron chi connectivity index (χ1n) is 13.5. The van der Waals surface area contributed by atoms with Gasteiger partial charge in [-0.05, 0) is 46.2 Å². The summed E-state index contributed by atoms with van der Waals surface area (Å²) in [4.78, 5) is 53.7. The van der Waals surface area contributed by atoms with E-state index in [0.717, 1.165) is 56.8 Å². The number of hydrogen-bond acceptors (Lipinski definition) is 5. The Morgan fingerprint density at radius 1 is 0.744 bits per heavy atom. The second kappa shape index (κ2) is 9.80. The van der Waals surface area contributed by atoms with Crippen molar-refractivity contribution >= 4 is 29.4 Å². The normalized spacial score (nSPS) is 22.3. The van der Waals surface area contributed by atoms with E-state index in [2.05, 4.69) is 5.32 Å². The SMILES string of the molecule is CCc1cccc(CC)c1NC(=O)COC(=O)CN1C(=O)[C@@H]2C3c4ccccc4C(c4ccccc43)[C@@H]2C1=O. The van der Waals surface area contributed by atoms with E-state index < -0.39 is 36.9 Å². The van der Waals surface area contributed by atoms with E-state index in [0.29, 0.717) is 0 Å². The maximum absolute atomic E-state index is 13.6. The Kier molecular flexibility index (Phi) is 6.29. The van der Waals surface area contributed by atoms with Crippen LogP contribution in [0.25, 0.3) is 0 Å². The van der Waals surface area contributed by atoms with Gasteiger partial charge in [-0.2, -0.15) is 0 Å². The molecular weight excluding hydrogens is 492 g/mol. The lowest BCUT2D eigenvalue weighted by atomic mass is 9.55. The van der Waals surface area contributed by atoms with Crippen molar-refractivity contribution < 1.29 is 23.9 Å². The third-order valence-electron chi connectivity index (χ3n) is 8.45. The number of ether oxygens (including phenoxy) is 1. The lowest BCUT2D eigenvalue weighted by molar-refractivity contribution is -0.154. The molecule has 0 radical (unpaired) electrons. The summed E-state index contributed by atoms with van der Waals surface area (Å²) >= 11 is 0. The molecule has 0 aromatic heterocycles. The van der Waals surface area contributed by atoms with Crippen molar-refractivity contribution in [3.05, 3.63) is 100 Å². The van der Waals surface area contributed by atoms with E-state index in [-0.39, 0.29) is 23.7 Å². The largest absolute Gasteiger partial charge is 0.454 e. The van der Waals surface area contributed by atoms with Gasteiger partial charge in [0.1, 0.15) is 6.54 Å². The van der Waals surface area contributed by atoms with Gasteiger partial charge in [0.2, 0.25) is 11.8 Å². The average Bonchev–Trinajstić information content (AvgIpc) is 3.21. The van der Waals surface area contributed by atoms with E-state index in [4.69, 9.17) is 4.74 Å². The van der Waals surface area contributed by atoms with Crippen LogP contribution in [0.4, 0.5) is 5.69 Å². The standard InChI is InChI=1S/C32H30N2O5/c1-3-18-10-9-11-19(4-2)30(18)33-24(35)17-39-25(36)16-34-31(37)28-26-20-12-5-6-13-21(20)27(29(28)32(34)38)23-15-8-7-14-22(23)26/h5-15,26-29H,3-4,16-17H2,1-2H3,(H,33,35)/t26?,27?,28-,29+. The number of aryl methyl sites for hydroxylation is 2. The Morgan fingerprint density at radius 2 is 1.21 bits per heavy atom. The Labute approximate surface area is 227 Å². The molecule has 198 valence electrons. The van der Waals surface area contributed by atoms with Gasteiger partial charge in [0.15, 0.2) is 6.61 Å². The fourth-order valence-corrected chi connectivity index (χ4v) is 6.79.